The molecule has 1 N–H and O–H groups in total. The summed E-state index contributed by atoms with van der Waals surface area (Å²) in [5.74, 6) is 0. The van der Waals surface area contributed by atoms with Crippen LogP contribution < -0.4 is 5.32 Å². The number of fused-ring (bicyclic) bond motifs is 1. The van der Waals surface area contributed by atoms with Gasteiger partial charge in [0.15, 0.2) is 0 Å². The Morgan fingerprint density at radius 2 is 1.69 bits per heavy atom. The van der Waals surface area contributed by atoms with Gasteiger partial charge in [-0.2, -0.15) is 5.10 Å². The summed E-state index contributed by atoms with van der Waals surface area (Å²) in [7, 11) is 0. The van der Waals surface area contributed by atoms with E-state index >= 15 is 0 Å². The summed E-state index contributed by atoms with van der Waals surface area (Å²) in [6, 6.07) is 18.8. The first-order valence-electron chi connectivity index (χ1n) is 10.6. The number of hydrogen-bond acceptors (Lipinski definition) is 5. The van der Waals surface area contributed by atoms with Crippen molar-refractivity contribution in [1.82, 2.24) is 30.0 Å². The highest BCUT2D eigenvalue weighted by Gasteiger charge is 2.13. The largest absolute Gasteiger partial charge is 0.307 e. The molecule has 3 heterocycles. The summed E-state index contributed by atoms with van der Waals surface area (Å²) in [5.41, 5.74) is 8.26. The summed E-state index contributed by atoms with van der Waals surface area (Å²) in [5, 5.41) is 9.27. The van der Waals surface area contributed by atoms with Gasteiger partial charge in [0, 0.05) is 42.6 Å². The number of nitrogens with zero attached hydrogens (tertiary/aromatic N) is 5. The summed E-state index contributed by atoms with van der Waals surface area (Å²) in [6.45, 7) is 5.34. The zero-order valence-electron chi connectivity index (χ0n) is 18.2. The maximum atomic E-state index is 4.70. The Balaban J connectivity index is 1.53. The standard InChI is InChI=1S/C26H24N6/c1-18-8-9-25(30-12-18)23-10-20(14-27-15-21-16-28-19(2)13-29-21)11-26-24(23)17-31-32(26)22-6-4-3-5-7-22/h3-13,16-17,27H,14-15H2,1-2H3. The van der Waals surface area contributed by atoms with E-state index in [-0.39, 0.29) is 0 Å². The normalized spacial score (nSPS) is 11.2. The van der Waals surface area contributed by atoms with Crippen LogP contribution in [-0.2, 0) is 13.1 Å². The molecule has 6 nitrogen and oxygen atoms in total. The maximum absolute atomic E-state index is 4.70. The molecule has 6 heteroatoms. The third-order valence-electron chi connectivity index (χ3n) is 5.41. The number of hydrogen-bond donors (Lipinski definition) is 1. The molecule has 0 bridgehead atoms. The molecule has 0 aliphatic rings. The number of para-hydroxylation sites is 1. The van der Waals surface area contributed by atoms with Crippen LogP contribution in [0.2, 0.25) is 0 Å². The lowest BCUT2D eigenvalue weighted by molar-refractivity contribution is 0.676. The molecule has 0 atom stereocenters. The number of aromatic nitrogens is 5. The van der Waals surface area contributed by atoms with E-state index < -0.39 is 0 Å². The lowest BCUT2D eigenvalue weighted by atomic mass is 10.0. The molecule has 32 heavy (non-hydrogen) atoms. The summed E-state index contributed by atoms with van der Waals surface area (Å²) < 4.78 is 1.99. The van der Waals surface area contributed by atoms with Crippen molar-refractivity contribution in [2.75, 3.05) is 0 Å². The molecule has 0 fully saturated rings. The Hall–Kier alpha value is -3.90. The fraction of sp³-hybridized carbons (Fsp3) is 0.154. The third kappa shape index (κ3) is 4.13. The number of rotatable bonds is 6. The minimum Gasteiger partial charge on any atom is -0.307 e. The SMILES string of the molecule is Cc1ccc(-c2cc(CNCc3cnc(C)cn3)cc3c2cnn3-c2ccccc2)nc1. The fourth-order valence-electron chi connectivity index (χ4n) is 3.75. The monoisotopic (exact) mass is 420 g/mol. The molecular formula is C26H24N6. The van der Waals surface area contributed by atoms with E-state index in [9.17, 15) is 0 Å². The van der Waals surface area contributed by atoms with Gasteiger partial charge in [0.25, 0.3) is 0 Å². The van der Waals surface area contributed by atoms with Crippen LogP contribution >= 0.6 is 0 Å². The van der Waals surface area contributed by atoms with E-state index in [1.54, 1.807) is 6.20 Å². The van der Waals surface area contributed by atoms with Crippen molar-refractivity contribution in [3.05, 3.63) is 102 Å². The third-order valence-corrected chi connectivity index (χ3v) is 5.41. The smallest absolute Gasteiger partial charge is 0.0751 e. The Labute approximate surface area is 187 Å². The second-order valence-corrected chi connectivity index (χ2v) is 7.94. The van der Waals surface area contributed by atoms with Gasteiger partial charge in [-0.25, -0.2) is 4.68 Å². The van der Waals surface area contributed by atoms with Gasteiger partial charge in [-0.3, -0.25) is 15.0 Å². The number of benzene rings is 2. The lowest BCUT2D eigenvalue weighted by Crippen LogP contribution is -2.14. The van der Waals surface area contributed by atoms with Crippen LogP contribution in [0.15, 0.2) is 79.4 Å². The molecule has 0 unspecified atom stereocenters. The molecule has 2 aromatic carbocycles. The average molecular weight is 421 g/mol. The average Bonchev–Trinajstić information content (AvgIpc) is 3.25. The highest BCUT2D eigenvalue weighted by molar-refractivity contribution is 5.95. The first-order valence-corrected chi connectivity index (χ1v) is 10.6. The number of pyridine rings is 1. The molecule has 3 aromatic heterocycles. The Morgan fingerprint density at radius 3 is 2.44 bits per heavy atom. The van der Waals surface area contributed by atoms with Gasteiger partial charge in [-0.15, -0.1) is 0 Å². The summed E-state index contributed by atoms with van der Waals surface area (Å²) in [4.78, 5) is 13.4. The minimum absolute atomic E-state index is 0.654. The van der Waals surface area contributed by atoms with Gasteiger partial charge in [-0.1, -0.05) is 24.3 Å². The van der Waals surface area contributed by atoms with Gasteiger partial charge in [0.2, 0.25) is 0 Å². The van der Waals surface area contributed by atoms with E-state index in [4.69, 9.17) is 5.10 Å². The second kappa shape index (κ2) is 8.69. The Bertz CT molecular complexity index is 1340. The number of aryl methyl sites for hydroxylation is 2. The molecule has 5 aromatic rings. The van der Waals surface area contributed by atoms with Crippen LogP contribution in [-0.4, -0.2) is 24.7 Å². The molecular weight excluding hydrogens is 396 g/mol. The lowest BCUT2D eigenvalue weighted by Gasteiger charge is -2.11. The van der Waals surface area contributed by atoms with Crippen molar-refractivity contribution < 1.29 is 0 Å². The molecule has 0 saturated heterocycles. The van der Waals surface area contributed by atoms with Crippen LogP contribution in [0, 0.1) is 13.8 Å². The quantitative estimate of drug-likeness (QED) is 0.428. The van der Waals surface area contributed by atoms with Crippen LogP contribution in [0.4, 0.5) is 0 Å². The second-order valence-electron chi connectivity index (χ2n) is 7.94. The van der Waals surface area contributed by atoms with E-state index in [1.807, 2.05) is 55.3 Å². The summed E-state index contributed by atoms with van der Waals surface area (Å²) in [6.07, 6.45) is 7.45. The Morgan fingerprint density at radius 1 is 0.812 bits per heavy atom. The highest BCUT2D eigenvalue weighted by atomic mass is 15.3. The Kier molecular flexibility index (Phi) is 5.44. The van der Waals surface area contributed by atoms with Crippen molar-refractivity contribution in [3.63, 3.8) is 0 Å². The molecule has 0 aliphatic carbocycles. The topological polar surface area (TPSA) is 68.5 Å². The zero-order chi connectivity index (χ0) is 21.9. The fourth-order valence-corrected chi connectivity index (χ4v) is 3.75. The van der Waals surface area contributed by atoms with Crippen molar-refractivity contribution in [3.8, 4) is 16.9 Å². The van der Waals surface area contributed by atoms with Crippen molar-refractivity contribution >= 4 is 10.9 Å². The first-order chi connectivity index (χ1) is 15.7. The zero-order valence-corrected chi connectivity index (χ0v) is 18.2. The first kappa shape index (κ1) is 20.0. The van der Waals surface area contributed by atoms with Crippen LogP contribution in [0.5, 0.6) is 0 Å². The molecule has 0 spiro atoms. The molecule has 0 amide bonds. The van der Waals surface area contributed by atoms with Gasteiger partial charge >= 0.3 is 0 Å². The predicted octanol–water partition coefficient (Wildman–Crippen LogP) is 4.78. The van der Waals surface area contributed by atoms with E-state index in [0.29, 0.717) is 13.1 Å². The summed E-state index contributed by atoms with van der Waals surface area (Å²) >= 11 is 0. The van der Waals surface area contributed by atoms with Crippen LogP contribution in [0.1, 0.15) is 22.5 Å². The minimum atomic E-state index is 0.654. The van der Waals surface area contributed by atoms with E-state index in [1.165, 1.54) is 0 Å². The van der Waals surface area contributed by atoms with Crippen LogP contribution in [0.3, 0.4) is 0 Å². The highest BCUT2D eigenvalue weighted by Crippen LogP contribution is 2.30. The van der Waals surface area contributed by atoms with E-state index in [2.05, 4.69) is 56.7 Å². The van der Waals surface area contributed by atoms with Gasteiger partial charge in [-0.05, 0) is 55.3 Å². The van der Waals surface area contributed by atoms with Crippen molar-refractivity contribution in [2.24, 2.45) is 0 Å². The van der Waals surface area contributed by atoms with E-state index in [0.717, 1.165) is 50.4 Å². The number of nitrogens with one attached hydrogen (secondary N) is 1. The van der Waals surface area contributed by atoms with Crippen molar-refractivity contribution in [1.29, 1.82) is 0 Å². The van der Waals surface area contributed by atoms with Gasteiger partial charge < -0.3 is 5.32 Å². The molecule has 0 saturated carbocycles. The molecule has 0 aliphatic heterocycles. The predicted molar refractivity (Wildman–Crippen MR) is 126 cm³/mol. The maximum Gasteiger partial charge on any atom is 0.0751 e. The van der Waals surface area contributed by atoms with Crippen molar-refractivity contribution in [2.45, 2.75) is 26.9 Å². The van der Waals surface area contributed by atoms with Gasteiger partial charge in [0.1, 0.15) is 0 Å². The molecule has 158 valence electrons. The van der Waals surface area contributed by atoms with Gasteiger partial charge in [0.05, 0.1) is 34.5 Å². The van der Waals surface area contributed by atoms with Crippen LogP contribution in [0.25, 0.3) is 27.8 Å². The molecule has 0 radical (unpaired) electrons. The molecule has 5 rings (SSSR count).